The van der Waals surface area contributed by atoms with E-state index in [-0.39, 0.29) is 18.2 Å². The van der Waals surface area contributed by atoms with Crippen molar-refractivity contribution >= 4 is 17.5 Å². The zero-order valence-electron chi connectivity index (χ0n) is 15.2. The highest BCUT2D eigenvalue weighted by molar-refractivity contribution is 6.01. The van der Waals surface area contributed by atoms with E-state index in [9.17, 15) is 9.59 Å². The van der Waals surface area contributed by atoms with Crippen LogP contribution in [0.3, 0.4) is 0 Å². The normalized spacial score (nSPS) is 18.9. The zero-order valence-corrected chi connectivity index (χ0v) is 15.2. The number of hydrogen-bond donors (Lipinski definition) is 1. The van der Waals surface area contributed by atoms with Crippen LogP contribution in [0.4, 0.5) is 5.69 Å². The van der Waals surface area contributed by atoms with Gasteiger partial charge in [0.15, 0.2) is 11.5 Å². The van der Waals surface area contributed by atoms with Gasteiger partial charge in [0.05, 0.1) is 19.6 Å². The lowest BCUT2D eigenvalue weighted by molar-refractivity contribution is -0.135. The van der Waals surface area contributed by atoms with Crippen molar-refractivity contribution in [1.29, 1.82) is 0 Å². The quantitative estimate of drug-likeness (QED) is 0.887. The van der Waals surface area contributed by atoms with E-state index in [0.29, 0.717) is 31.2 Å². The van der Waals surface area contributed by atoms with Crippen molar-refractivity contribution in [3.05, 3.63) is 53.6 Å². The Morgan fingerprint density at radius 3 is 2.93 bits per heavy atom. The van der Waals surface area contributed by atoms with E-state index in [1.807, 2.05) is 47.4 Å². The van der Waals surface area contributed by atoms with E-state index in [1.165, 1.54) is 0 Å². The summed E-state index contributed by atoms with van der Waals surface area (Å²) < 4.78 is 11.3. The van der Waals surface area contributed by atoms with Gasteiger partial charge in [-0.3, -0.25) is 9.59 Å². The number of nitrogens with one attached hydrogen (secondary N) is 1. The first-order chi connectivity index (χ1) is 13.2. The number of hydrogen-bond acceptors (Lipinski definition) is 4. The van der Waals surface area contributed by atoms with E-state index < -0.39 is 5.92 Å². The predicted molar refractivity (Wildman–Crippen MR) is 101 cm³/mol. The molecular weight excluding hydrogens is 344 g/mol. The first-order valence-electron chi connectivity index (χ1n) is 9.13. The fraction of sp³-hybridized carbons (Fsp3) is 0.333. The van der Waals surface area contributed by atoms with Crippen molar-refractivity contribution < 1.29 is 19.1 Å². The van der Waals surface area contributed by atoms with Crippen molar-refractivity contribution in [2.24, 2.45) is 0 Å². The second-order valence-electron chi connectivity index (χ2n) is 6.80. The molecule has 2 aliphatic heterocycles. The maximum absolute atomic E-state index is 13.4. The molecule has 2 heterocycles. The van der Waals surface area contributed by atoms with Gasteiger partial charge in [-0.15, -0.1) is 0 Å². The molecule has 0 unspecified atom stereocenters. The smallest absolute Gasteiger partial charge is 0.231 e. The fourth-order valence-corrected chi connectivity index (χ4v) is 3.76. The predicted octanol–water partition coefficient (Wildman–Crippen LogP) is 2.93. The van der Waals surface area contributed by atoms with Gasteiger partial charge in [-0.1, -0.05) is 30.3 Å². The van der Waals surface area contributed by atoms with Crippen LogP contribution in [-0.2, 0) is 16.1 Å². The van der Waals surface area contributed by atoms with Crippen molar-refractivity contribution in [1.82, 2.24) is 4.90 Å². The van der Waals surface area contributed by atoms with E-state index >= 15 is 0 Å². The maximum atomic E-state index is 13.4. The third-order valence-corrected chi connectivity index (χ3v) is 5.07. The summed E-state index contributed by atoms with van der Waals surface area (Å²) in [4.78, 5) is 27.3. The molecule has 2 amide bonds. The van der Waals surface area contributed by atoms with Crippen molar-refractivity contribution in [3.63, 3.8) is 0 Å². The first-order valence-corrected chi connectivity index (χ1v) is 9.13. The Hall–Kier alpha value is -3.02. The Morgan fingerprint density at radius 2 is 2.07 bits per heavy atom. The Bertz CT molecular complexity index is 880. The van der Waals surface area contributed by atoms with Gasteiger partial charge in [0.1, 0.15) is 0 Å². The molecule has 6 nitrogen and oxygen atoms in total. The fourth-order valence-electron chi connectivity index (χ4n) is 3.76. The Morgan fingerprint density at radius 1 is 1.22 bits per heavy atom. The Kier molecular flexibility index (Phi) is 4.71. The minimum absolute atomic E-state index is 0.0204. The van der Waals surface area contributed by atoms with Crippen molar-refractivity contribution in [2.45, 2.75) is 25.3 Å². The highest BCUT2D eigenvalue weighted by Gasteiger charge is 2.34. The van der Waals surface area contributed by atoms with Gasteiger partial charge in [-0.05, 0) is 24.1 Å². The molecule has 140 valence electrons. The second-order valence-corrected chi connectivity index (χ2v) is 6.80. The molecule has 0 spiro atoms. The van der Waals surface area contributed by atoms with Crippen LogP contribution in [0.1, 0.15) is 29.9 Å². The largest absolute Gasteiger partial charge is 0.493 e. The van der Waals surface area contributed by atoms with E-state index in [0.717, 1.165) is 23.2 Å². The average Bonchev–Trinajstić information content (AvgIpc) is 2.67. The second kappa shape index (κ2) is 7.31. The molecule has 27 heavy (non-hydrogen) atoms. The molecule has 2 aromatic rings. The van der Waals surface area contributed by atoms with Crippen LogP contribution in [0, 0.1) is 0 Å². The number of carbonyl (C=O) groups is 2. The molecule has 0 saturated heterocycles. The van der Waals surface area contributed by atoms with Gasteiger partial charge in [0, 0.05) is 30.8 Å². The summed E-state index contributed by atoms with van der Waals surface area (Å²) in [6, 6.07) is 13.2. The number of amides is 2. The summed E-state index contributed by atoms with van der Waals surface area (Å²) in [5.74, 6) is 0.769. The maximum Gasteiger partial charge on any atom is 0.231 e. The summed E-state index contributed by atoms with van der Waals surface area (Å²) in [5.41, 5.74) is 2.52. The van der Waals surface area contributed by atoms with E-state index in [1.54, 1.807) is 7.11 Å². The summed E-state index contributed by atoms with van der Waals surface area (Å²) in [5, 5.41) is 2.85. The van der Waals surface area contributed by atoms with E-state index in [4.69, 9.17) is 9.47 Å². The van der Waals surface area contributed by atoms with Gasteiger partial charge in [-0.25, -0.2) is 0 Å². The monoisotopic (exact) mass is 366 g/mol. The number of benzene rings is 2. The van der Waals surface area contributed by atoms with Crippen LogP contribution in [0.2, 0.25) is 0 Å². The van der Waals surface area contributed by atoms with Gasteiger partial charge in [0.2, 0.25) is 11.8 Å². The molecule has 2 aromatic carbocycles. The van der Waals surface area contributed by atoms with Crippen LogP contribution in [0.5, 0.6) is 11.5 Å². The number of nitrogens with zero attached hydrogens (tertiary/aromatic N) is 1. The molecule has 0 aliphatic carbocycles. The lowest BCUT2D eigenvalue weighted by atomic mass is 9.89. The van der Waals surface area contributed by atoms with Crippen molar-refractivity contribution in [2.75, 3.05) is 25.6 Å². The third-order valence-electron chi connectivity index (χ3n) is 5.07. The SMILES string of the molecule is COc1cccc2c1OCCCN(C(=O)[C@H]1CC(=O)Nc3ccccc31)C2. The van der Waals surface area contributed by atoms with Crippen LogP contribution >= 0.6 is 0 Å². The molecular formula is C21H22N2O4. The Balaban J connectivity index is 1.65. The zero-order chi connectivity index (χ0) is 18.8. The van der Waals surface area contributed by atoms with Gasteiger partial charge in [0.25, 0.3) is 0 Å². The van der Waals surface area contributed by atoms with Crippen molar-refractivity contribution in [3.8, 4) is 11.5 Å². The number of para-hydroxylation sites is 2. The molecule has 1 N–H and O–H groups in total. The minimum atomic E-state index is -0.454. The summed E-state index contributed by atoms with van der Waals surface area (Å²) in [6.45, 7) is 1.54. The van der Waals surface area contributed by atoms with E-state index in [2.05, 4.69) is 5.32 Å². The van der Waals surface area contributed by atoms with Gasteiger partial charge < -0.3 is 19.7 Å². The number of ether oxygens (including phenoxy) is 2. The third kappa shape index (κ3) is 3.35. The number of methoxy groups -OCH3 is 1. The van der Waals surface area contributed by atoms with Gasteiger partial charge >= 0.3 is 0 Å². The molecule has 4 rings (SSSR count). The topological polar surface area (TPSA) is 67.9 Å². The molecule has 0 radical (unpaired) electrons. The minimum Gasteiger partial charge on any atom is -0.493 e. The van der Waals surface area contributed by atoms with Crippen LogP contribution in [0.25, 0.3) is 0 Å². The molecule has 0 bridgehead atoms. The van der Waals surface area contributed by atoms with Crippen LogP contribution in [-0.4, -0.2) is 37.0 Å². The van der Waals surface area contributed by atoms with Crippen LogP contribution < -0.4 is 14.8 Å². The number of carbonyl (C=O) groups excluding carboxylic acids is 2. The molecule has 0 fully saturated rings. The summed E-state index contributed by atoms with van der Waals surface area (Å²) in [7, 11) is 1.61. The average molecular weight is 366 g/mol. The summed E-state index contributed by atoms with van der Waals surface area (Å²) in [6.07, 6.45) is 0.900. The van der Waals surface area contributed by atoms with Gasteiger partial charge in [-0.2, -0.15) is 0 Å². The molecule has 1 atom stereocenters. The molecule has 6 heteroatoms. The van der Waals surface area contributed by atoms with Crippen LogP contribution in [0.15, 0.2) is 42.5 Å². The molecule has 2 aliphatic rings. The summed E-state index contributed by atoms with van der Waals surface area (Å²) >= 11 is 0. The highest BCUT2D eigenvalue weighted by Crippen LogP contribution is 2.36. The Labute approximate surface area is 158 Å². The molecule has 0 aromatic heterocycles. The highest BCUT2D eigenvalue weighted by atomic mass is 16.5. The lowest BCUT2D eigenvalue weighted by Gasteiger charge is -2.32. The molecule has 0 saturated carbocycles. The first kappa shape index (κ1) is 17.4. The lowest BCUT2D eigenvalue weighted by Crippen LogP contribution is -2.39. The number of rotatable bonds is 2. The number of fused-ring (bicyclic) bond motifs is 2. The number of anilines is 1. The standard InChI is InChI=1S/C21H22N2O4/c1-26-18-9-4-6-14-13-23(10-5-11-27-20(14)18)21(25)16-12-19(24)22-17-8-3-2-7-15(16)17/h2-4,6-9,16H,5,10-13H2,1H3,(H,22,24)/t16-/m0/s1.